The fourth-order valence-corrected chi connectivity index (χ4v) is 0. The van der Waals surface area contributed by atoms with Gasteiger partial charge in [-0.2, -0.15) is 0 Å². The molecule has 0 aliphatic heterocycles. The van der Waals surface area contributed by atoms with Gasteiger partial charge in [-0.05, 0) is 25.7 Å². The molecule has 0 rings (SSSR count). The predicted octanol–water partition coefficient (Wildman–Crippen LogP) is 1.17. The van der Waals surface area contributed by atoms with E-state index in [-0.39, 0.29) is 17.4 Å². The largest absolute Gasteiger partial charge is 0.396 e. The van der Waals surface area contributed by atoms with Gasteiger partial charge in [0.25, 0.3) is 0 Å². The highest BCUT2D eigenvalue weighted by Gasteiger charge is 1.58. The first kappa shape index (κ1) is 30.4. The van der Waals surface area contributed by atoms with E-state index >= 15 is 0 Å². The van der Waals surface area contributed by atoms with E-state index in [9.17, 15) is 0 Å². The summed E-state index contributed by atoms with van der Waals surface area (Å²) in [4.78, 5) is 0. The van der Waals surface area contributed by atoms with Gasteiger partial charge in [0, 0.05) is 43.8 Å². The Kier molecular flexibility index (Phi) is 98.8. The van der Waals surface area contributed by atoms with Crippen LogP contribution in [0.15, 0.2) is 0 Å². The molecule has 0 aliphatic carbocycles. The highest BCUT2D eigenvalue weighted by Crippen LogP contribution is 1.62. The lowest BCUT2D eigenvalue weighted by Gasteiger charge is -1.69. The van der Waals surface area contributed by atoms with Crippen LogP contribution < -0.4 is 0 Å². The molecule has 5 heteroatoms. The van der Waals surface area contributed by atoms with Crippen molar-refractivity contribution >= 4 is 17.4 Å². The topological polar surface area (TPSA) is 80.9 Å². The number of aliphatic hydroxyl groups excluding tert-OH is 4. The minimum Gasteiger partial charge on any atom is -0.396 e. The van der Waals surface area contributed by atoms with Gasteiger partial charge in [0.15, 0.2) is 0 Å². The highest BCUT2D eigenvalue weighted by molar-refractivity contribution is 5.75. The molecule has 0 bridgehead atoms. The van der Waals surface area contributed by atoms with Crippen LogP contribution in [0.2, 0.25) is 0 Å². The van der Waals surface area contributed by atoms with E-state index < -0.39 is 0 Å². The van der Waals surface area contributed by atoms with Crippen LogP contribution in [0.25, 0.3) is 0 Å². The second kappa shape index (κ2) is 55.2. The van der Waals surface area contributed by atoms with Crippen LogP contribution in [0.5, 0.6) is 0 Å². The van der Waals surface area contributed by atoms with Crippen molar-refractivity contribution in [3.05, 3.63) is 0 Å². The Bertz CT molecular complexity index is 42.5. The zero-order valence-corrected chi connectivity index (χ0v) is 13.2. The molecule has 0 unspecified atom stereocenters. The Morgan fingerprint density at radius 1 is 0.471 bits per heavy atom. The van der Waals surface area contributed by atoms with Gasteiger partial charge < -0.3 is 20.4 Å². The predicted molar refractivity (Wildman–Crippen MR) is 75.3 cm³/mol. The summed E-state index contributed by atoms with van der Waals surface area (Å²) in [5, 5.41) is 31.5. The van der Waals surface area contributed by atoms with Gasteiger partial charge >= 0.3 is 0 Å². The van der Waals surface area contributed by atoms with Crippen LogP contribution in [-0.2, 0) is 0 Å². The van der Waals surface area contributed by atoms with Gasteiger partial charge in [0.05, 0.1) is 0 Å². The molecule has 3 radical (unpaired) electrons. The van der Waals surface area contributed by atoms with Crippen molar-refractivity contribution in [3.63, 3.8) is 0 Å². The first-order chi connectivity index (χ1) is 7.66. The van der Waals surface area contributed by atoms with E-state index in [1.54, 1.807) is 0 Å². The van der Waals surface area contributed by atoms with Crippen molar-refractivity contribution in [1.29, 1.82) is 0 Å². The van der Waals surface area contributed by atoms with Gasteiger partial charge in [-0.25, -0.2) is 0 Å². The Morgan fingerprint density at radius 2 is 0.529 bits per heavy atom. The molecule has 0 aliphatic rings. The van der Waals surface area contributed by atoms with Crippen molar-refractivity contribution in [2.45, 2.75) is 53.4 Å². The van der Waals surface area contributed by atoms with E-state index in [0.29, 0.717) is 26.4 Å². The molecule has 4 nitrogen and oxygen atoms in total. The zero-order chi connectivity index (χ0) is 13.7. The summed E-state index contributed by atoms with van der Waals surface area (Å²) in [6.45, 7) is 9.00. The summed E-state index contributed by atoms with van der Waals surface area (Å²) in [5.74, 6) is 0. The molecule has 17 heavy (non-hydrogen) atoms. The van der Waals surface area contributed by atoms with Crippen molar-refractivity contribution in [2.75, 3.05) is 26.4 Å². The first-order valence-corrected chi connectivity index (χ1v) is 6.09. The average molecular weight is 267 g/mol. The third kappa shape index (κ3) is 177. The fraction of sp³-hybridized carbons (Fsp3) is 1.00. The minimum absolute atomic E-state index is 0. The van der Waals surface area contributed by atoms with Crippen molar-refractivity contribution < 1.29 is 20.4 Å². The smallest absolute Gasteiger partial charge is 0.0428 e. The van der Waals surface area contributed by atoms with Gasteiger partial charge in [0.2, 0.25) is 0 Å². The van der Waals surface area contributed by atoms with E-state index in [4.69, 9.17) is 20.4 Å². The van der Waals surface area contributed by atoms with Gasteiger partial charge in [-0.15, -0.1) is 0 Å². The van der Waals surface area contributed by atoms with Crippen LogP contribution >= 0.6 is 0 Å². The zero-order valence-electron chi connectivity index (χ0n) is 12.0. The quantitative estimate of drug-likeness (QED) is 0.577. The Balaban J connectivity index is -0.0000000369. The summed E-state index contributed by atoms with van der Waals surface area (Å²) in [7, 11) is 0. The Morgan fingerprint density at radius 3 is 0.529 bits per heavy atom. The third-order valence-electron chi connectivity index (χ3n) is 0.894. The molecule has 107 valence electrons. The lowest BCUT2D eigenvalue weighted by atomic mass is 10.5. The maximum atomic E-state index is 7.88. The third-order valence-corrected chi connectivity index (χ3v) is 0.894. The summed E-state index contributed by atoms with van der Waals surface area (Å²) in [6, 6.07) is 0. The molecule has 4 N–H and O–H groups in total. The maximum absolute atomic E-state index is 7.88. The van der Waals surface area contributed by atoms with Gasteiger partial charge in [-0.1, -0.05) is 27.7 Å². The van der Waals surface area contributed by atoms with E-state index in [1.807, 2.05) is 27.7 Å². The molecule has 0 saturated heterocycles. The van der Waals surface area contributed by atoms with Crippen LogP contribution in [0.3, 0.4) is 0 Å². The fourth-order valence-electron chi connectivity index (χ4n) is 0. The lowest BCUT2D eigenvalue weighted by Crippen LogP contribution is -1.69. The summed E-state index contributed by atoms with van der Waals surface area (Å²) < 4.78 is 0. The van der Waals surface area contributed by atoms with Gasteiger partial charge in [0.1, 0.15) is 0 Å². The standard InChI is InChI=1S/4C3H8O.Al/c4*1-2-3-4;/h4*4H,2-3H2,1H3;. The molecule has 0 saturated carbocycles. The van der Waals surface area contributed by atoms with Gasteiger partial charge in [-0.3, -0.25) is 0 Å². The van der Waals surface area contributed by atoms with Crippen molar-refractivity contribution in [2.24, 2.45) is 0 Å². The molecule has 0 aromatic heterocycles. The monoisotopic (exact) mass is 267 g/mol. The molecule has 0 aromatic carbocycles. The SMILES string of the molecule is CCCO.CCCO.CCCO.CCCO.[Al]. The Hall–Kier alpha value is 0.372. The molecular weight excluding hydrogens is 235 g/mol. The normalized spacial score (nSPS) is 7.06. The number of rotatable bonds is 4. The first-order valence-electron chi connectivity index (χ1n) is 6.09. The van der Waals surface area contributed by atoms with E-state index in [1.165, 1.54) is 0 Å². The molecule has 0 fully saturated rings. The highest BCUT2D eigenvalue weighted by atomic mass is 27.0. The molecule has 0 aromatic rings. The van der Waals surface area contributed by atoms with Crippen LogP contribution in [0.4, 0.5) is 0 Å². The average Bonchev–Trinajstić information content (AvgIpc) is 2.39. The minimum atomic E-state index is 0. The molecular formula is C12H32AlO4. The van der Waals surface area contributed by atoms with E-state index in [0.717, 1.165) is 25.7 Å². The second-order valence-corrected chi connectivity index (χ2v) is 2.89. The number of hydrogen-bond donors (Lipinski definition) is 4. The molecule has 0 heterocycles. The summed E-state index contributed by atoms with van der Waals surface area (Å²) >= 11 is 0. The van der Waals surface area contributed by atoms with Crippen LogP contribution in [-0.4, -0.2) is 64.2 Å². The van der Waals surface area contributed by atoms with Crippen molar-refractivity contribution in [1.82, 2.24) is 0 Å². The summed E-state index contributed by atoms with van der Waals surface area (Å²) in [6.07, 6.45) is 3.50. The Labute approximate surface area is 118 Å². The molecule has 0 spiro atoms. The molecule has 0 amide bonds. The summed E-state index contributed by atoms with van der Waals surface area (Å²) in [5.41, 5.74) is 0. The van der Waals surface area contributed by atoms with Crippen molar-refractivity contribution in [3.8, 4) is 0 Å². The number of aliphatic hydroxyl groups is 4. The second-order valence-electron chi connectivity index (χ2n) is 2.89. The van der Waals surface area contributed by atoms with Crippen LogP contribution in [0, 0.1) is 0 Å². The lowest BCUT2D eigenvalue weighted by molar-refractivity contribution is 0.294. The number of hydrogen-bond acceptors (Lipinski definition) is 4. The maximum Gasteiger partial charge on any atom is 0.0428 e. The van der Waals surface area contributed by atoms with Crippen LogP contribution in [0.1, 0.15) is 53.4 Å². The van der Waals surface area contributed by atoms with E-state index in [2.05, 4.69) is 0 Å². The molecule has 0 atom stereocenters.